The summed E-state index contributed by atoms with van der Waals surface area (Å²) in [6, 6.07) is 1.49. The van der Waals surface area contributed by atoms with E-state index in [4.69, 9.17) is 17.5 Å². The van der Waals surface area contributed by atoms with Crippen LogP contribution in [0.1, 0.15) is 5.37 Å². The third kappa shape index (κ3) is 3.59. The fourth-order valence-electron chi connectivity index (χ4n) is 1.91. The Bertz CT molecular complexity index is 592. The van der Waals surface area contributed by atoms with Crippen LogP contribution in [0.3, 0.4) is 0 Å². The molecule has 0 saturated carbocycles. The third-order valence-electron chi connectivity index (χ3n) is 2.86. The molecule has 0 aromatic carbocycles. The zero-order valence-corrected chi connectivity index (χ0v) is 12.9. The van der Waals surface area contributed by atoms with Crippen molar-refractivity contribution in [3.8, 4) is 0 Å². The molecule has 8 nitrogen and oxygen atoms in total. The van der Waals surface area contributed by atoms with Crippen LogP contribution in [0.15, 0.2) is 17.1 Å². The van der Waals surface area contributed by atoms with Crippen LogP contribution < -0.4 is 11.4 Å². The summed E-state index contributed by atoms with van der Waals surface area (Å²) < 4.78 is 2.67. The number of rotatable bonds is 3. The van der Waals surface area contributed by atoms with Crippen LogP contribution in [0.5, 0.6) is 0 Å². The maximum absolute atomic E-state index is 11.8. The highest BCUT2D eigenvalue weighted by molar-refractivity contribution is 8.08. The summed E-state index contributed by atoms with van der Waals surface area (Å²) in [7, 11) is 0. The maximum atomic E-state index is 11.8. The molecule has 2 heterocycles. The summed E-state index contributed by atoms with van der Waals surface area (Å²) in [4.78, 5) is 34.7. The predicted octanol–water partition coefficient (Wildman–Crippen LogP) is -1.06. The second-order valence-electron chi connectivity index (χ2n) is 4.32. The minimum absolute atomic E-state index is 0.122. The molecule has 1 saturated heterocycles. The van der Waals surface area contributed by atoms with Crippen molar-refractivity contribution in [2.24, 2.45) is 0 Å². The molecule has 1 aliphatic rings. The first-order chi connectivity index (χ1) is 9.31. The Labute approximate surface area is 124 Å². The average Bonchev–Trinajstić information content (AvgIpc) is 2.37. The molecule has 112 valence electrons. The monoisotopic (exact) mass is 338 g/mol. The highest BCUT2D eigenvalue weighted by Gasteiger charge is 2.34. The number of nitrogens with zero attached hydrogens (tertiary/aromatic N) is 3. The highest BCUT2D eigenvalue weighted by atomic mass is 32.5. The van der Waals surface area contributed by atoms with Gasteiger partial charge in [-0.25, -0.2) is 9.46 Å². The fourth-order valence-corrected chi connectivity index (χ4v) is 4.66. The molecule has 0 spiro atoms. The van der Waals surface area contributed by atoms with E-state index in [1.165, 1.54) is 33.3 Å². The minimum atomic E-state index is -3.59. The van der Waals surface area contributed by atoms with Crippen LogP contribution in [-0.2, 0) is 11.8 Å². The van der Waals surface area contributed by atoms with Crippen LogP contribution in [0, 0.1) is 0 Å². The number of nitrogens with two attached hydrogens (primary N) is 1. The molecule has 5 N–H and O–H groups in total. The molecular formula is C9H15N4O4PS2. The van der Waals surface area contributed by atoms with E-state index in [0.29, 0.717) is 0 Å². The molecule has 0 radical (unpaired) electrons. The zero-order valence-electron chi connectivity index (χ0n) is 10.4. The molecule has 1 aromatic heterocycles. The quantitative estimate of drug-likeness (QED) is 0.510. The van der Waals surface area contributed by atoms with Crippen molar-refractivity contribution >= 4 is 36.0 Å². The van der Waals surface area contributed by atoms with Gasteiger partial charge in [0.1, 0.15) is 5.82 Å². The summed E-state index contributed by atoms with van der Waals surface area (Å²) in [5.74, 6) is 0.122. The molecule has 1 fully saturated rings. The number of aromatic nitrogens is 2. The lowest BCUT2D eigenvalue weighted by Crippen LogP contribution is -2.42. The largest absolute Gasteiger partial charge is 0.395 e. The van der Waals surface area contributed by atoms with Crippen LogP contribution in [0.2, 0.25) is 0 Å². The van der Waals surface area contributed by atoms with Crippen molar-refractivity contribution in [2.45, 2.75) is 10.6 Å². The molecule has 2 rings (SSSR count). The van der Waals surface area contributed by atoms with Gasteiger partial charge in [-0.05, 0) is 17.9 Å². The van der Waals surface area contributed by atoms with Gasteiger partial charge in [0.2, 0.25) is 0 Å². The summed E-state index contributed by atoms with van der Waals surface area (Å²) >= 11 is 6.06. The Morgan fingerprint density at radius 3 is 2.80 bits per heavy atom. The smallest absolute Gasteiger partial charge is 0.350 e. The van der Waals surface area contributed by atoms with Gasteiger partial charge in [0.25, 0.3) is 6.64 Å². The van der Waals surface area contributed by atoms with Crippen molar-refractivity contribution in [2.75, 3.05) is 25.4 Å². The minimum Gasteiger partial charge on any atom is -0.395 e. The topological polar surface area (TPSA) is 125 Å². The Balaban J connectivity index is 2.30. The van der Waals surface area contributed by atoms with Crippen LogP contribution in [-0.4, -0.2) is 54.1 Å². The van der Waals surface area contributed by atoms with Gasteiger partial charge in [-0.2, -0.15) is 4.98 Å². The van der Waals surface area contributed by atoms with Crippen molar-refractivity contribution in [3.63, 3.8) is 0 Å². The van der Waals surface area contributed by atoms with Gasteiger partial charge in [-0.15, -0.1) is 11.8 Å². The van der Waals surface area contributed by atoms with E-state index in [9.17, 15) is 19.7 Å². The maximum Gasteiger partial charge on any atom is 0.350 e. The van der Waals surface area contributed by atoms with Gasteiger partial charge in [0.05, 0.1) is 12.0 Å². The van der Waals surface area contributed by atoms with Gasteiger partial charge >= 0.3 is 5.69 Å². The number of anilines is 1. The summed E-state index contributed by atoms with van der Waals surface area (Å²) in [5, 5.41) is 8.62. The number of thioether (sulfide) groups is 1. The standard InChI is InChI=1S/C9H15N4O4PS2/c10-7-1-2-13(9(15)11-7)8-4-12(18(16,17)19)3-6(5-14)20-8/h1-2,6,8,14H,3-5H2,(H2,10,11,15)(H2,16,17,19). The van der Waals surface area contributed by atoms with Gasteiger partial charge in [0, 0.05) is 24.5 Å². The molecular weight excluding hydrogens is 323 g/mol. The second kappa shape index (κ2) is 6.10. The molecule has 0 bridgehead atoms. The average molecular weight is 338 g/mol. The summed E-state index contributed by atoms with van der Waals surface area (Å²) in [6.07, 6.45) is 1.50. The van der Waals surface area contributed by atoms with E-state index < -0.39 is 17.7 Å². The fraction of sp³-hybridized carbons (Fsp3) is 0.556. The molecule has 1 aromatic rings. The third-order valence-corrected chi connectivity index (χ3v) is 5.99. The Morgan fingerprint density at radius 2 is 2.25 bits per heavy atom. The Hall–Kier alpha value is -0.480. The number of nitrogen functional groups attached to an aromatic ring is 1. The lowest BCUT2D eigenvalue weighted by atomic mass is 10.4. The molecule has 11 heteroatoms. The molecule has 0 amide bonds. The van der Waals surface area contributed by atoms with Crippen LogP contribution >= 0.6 is 18.4 Å². The predicted molar refractivity (Wildman–Crippen MR) is 80.7 cm³/mol. The first-order valence-electron chi connectivity index (χ1n) is 5.73. The van der Waals surface area contributed by atoms with E-state index in [0.717, 1.165) is 0 Å². The molecule has 2 atom stereocenters. The van der Waals surface area contributed by atoms with Crippen LogP contribution in [0.25, 0.3) is 0 Å². The molecule has 2 unspecified atom stereocenters. The molecule has 1 aliphatic heterocycles. The first-order valence-corrected chi connectivity index (χ1v) is 9.33. The van der Waals surface area contributed by atoms with Crippen molar-refractivity contribution < 1.29 is 14.9 Å². The summed E-state index contributed by atoms with van der Waals surface area (Å²) in [6.45, 7) is -3.29. The van der Waals surface area contributed by atoms with Crippen molar-refractivity contribution in [1.29, 1.82) is 0 Å². The number of aliphatic hydroxyl groups excluding tert-OH is 1. The van der Waals surface area contributed by atoms with E-state index in [1.807, 2.05) is 0 Å². The lowest BCUT2D eigenvalue weighted by Gasteiger charge is -2.38. The lowest BCUT2D eigenvalue weighted by molar-refractivity contribution is 0.250. The normalized spacial score (nSPS) is 24.8. The van der Waals surface area contributed by atoms with Gasteiger partial charge < -0.3 is 20.6 Å². The van der Waals surface area contributed by atoms with E-state index in [-0.39, 0.29) is 30.8 Å². The second-order valence-corrected chi connectivity index (χ2v) is 8.87. The van der Waals surface area contributed by atoms with E-state index in [2.05, 4.69) is 4.98 Å². The number of aliphatic hydroxyl groups is 1. The van der Waals surface area contributed by atoms with Crippen molar-refractivity contribution in [3.05, 3.63) is 22.7 Å². The molecule has 0 aliphatic carbocycles. The first kappa shape index (κ1) is 15.9. The Morgan fingerprint density at radius 1 is 1.55 bits per heavy atom. The summed E-state index contributed by atoms with van der Waals surface area (Å²) in [5.41, 5.74) is 4.91. The SMILES string of the molecule is Nc1ccn(C2CN(P(O)(O)=S)CC(CO)S2)c(=O)n1. The Kier molecular flexibility index (Phi) is 4.85. The number of hydrogen-bond acceptors (Lipinski definition) is 6. The van der Waals surface area contributed by atoms with E-state index in [1.54, 1.807) is 0 Å². The van der Waals surface area contributed by atoms with Gasteiger partial charge in [-0.1, -0.05) is 0 Å². The highest BCUT2D eigenvalue weighted by Crippen LogP contribution is 2.46. The van der Waals surface area contributed by atoms with Gasteiger partial charge in [-0.3, -0.25) is 4.57 Å². The van der Waals surface area contributed by atoms with Crippen LogP contribution in [0.4, 0.5) is 5.82 Å². The number of hydrogen-bond donors (Lipinski definition) is 4. The van der Waals surface area contributed by atoms with Crippen molar-refractivity contribution in [1.82, 2.24) is 14.2 Å². The van der Waals surface area contributed by atoms with E-state index >= 15 is 0 Å². The van der Waals surface area contributed by atoms with Gasteiger partial charge in [0.15, 0.2) is 0 Å². The molecule has 20 heavy (non-hydrogen) atoms. The zero-order chi connectivity index (χ0) is 14.9.